The van der Waals surface area contributed by atoms with Crippen LogP contribution >= 0.6 is 22.9 Å². The summed E-state index contributed by atoms with van der Waals surface area (Å²) in [6, 6.07) is 0. The van der Waals surface area contributed by atoms with Crippen LogP contribution in [0.15, 0.2) is 6.20 Å². The first-order chi connectivity index (χ1) is 10.6. The van der Waals surface area contributed by atoms with Crippen molar-refractivity contribution < 1.29 is 13.9 Å². The van der Waals surface area contributed by atoms with Crippen LogP contribution in [-0.2, 0) is 4.74 Å². The maximum absolute atomic E-state index is 13.9. The average Bonchev–Trinajstić information content (AvgIpc) is 2.80. The van der Waals surface area contributed by atoms with Crippen molar-refractivity contribution in [1.82, 2.24) is 15.0 Å². The molecule has 2 aromatic heterocycles. The Hall–Kier alpha value is -1.80. The smallest absolute Gasteiger partial charge is 0.416 e. The second-order valence-electron chi connectivity index (χ2n) is 5.79. The lowest BCUT2D eigenvalue weighted by molar-refractivity contribution is 0.0589. The number of carbonyl (C=O) groups is 1. The topological polar surface area (TPSA) is 68.2 Å². The number of aryl methyl sites for hydroxylation is 1. The fourth-order valence-electron chi connectivity index (χ4n) is 1.66. The van der Waals surface area contributed by atoms with Gasteiger partial charge in [-0.2, -0.15) is 0 Å². The van der Waals surface area contributed by atoms with Crippen LogP contribution in [0.2, 0.25) is 5.28 Å². The Morgan fingerprint density at radius 1 is 1.39 bits per heavy atom. The van der Waals surface area contributed by atoms with Gasteiger partial charge in [-0.1, -0.05) is 11.3 Å². The Labute approximate surface area is 142 Å². The Morgan fingerprint density at radius 2 is 2.04 bits per heavy atom. The standard InChI is InChI=1S/C14H16ClFN4O2S/c1-7-10(9-8(16)6-17-11(15)19-9)23-12(18-7)20(5)13(21)22-14(2,3)4/h6H,1-5H3. The summed E-state index contributed by atoms with van der Waals surface area (Å²) in [6.45, 7) is 7.02. The van der Waals surface area contributed by atoms with Crippen LogP contribution in [0.1, 0.15) is 26.5 Å². The molecule has 2 rings (SSSR count). The summed E-state index contributed by atoms with van der Waals surface area (Å²) in [5.41, 5.74) is -0.0230. The molecule has 6 nitrogen and oxygen atoms in total. The molecule has 2 aromatic rings. The minimum Gasteiger partial charge on any atom is -0.443 e. The van der Waals surface area contributed by atoms with E-state index in [1.54, 1.807) is 34.7 Å². The van der Waals surface area contributed by atoms with E-state index in [0.29, 0.717) is 15.7 Å². The second-order valence-corrected chi connectivity index (χ2v) is 7.10. The molecule has 0 atom stereocenters. The van der Waals surface area contributed by atoms with Gasteiger partial charge in [0.1, 0.15) is 11.3 Å². The van der Waals surface area contributed by atoms with Crippen molar-refractivity contribution in [3.05, 3.63) is 23.0 Å². The van der Waals surface area contributed by atoms with Crippen LogP contribution in [0.25, 0.3) is 10.6 Å². The fraction of sp³-hybridized carbons (Fsp3) is 0.429. The van der Waals surface area contributed by atoms with Crippen LogP contribution in [0.3, 0.4) is 0 Å². The van der Waals surface area contributed by atoms with Gasteiger partial charge in [-0.25, -0.2) is 24.1 Å². The summed E-state index contributed by atoms with van der Waals surface area (Å²) in [4.78, 5) is 25.6. The van der Waals surface area contributed by atoms with E-state index in [1.807, 2.05) is 0 Å². The van der Waals surface area contributed by atoms with Crippen molar-refractivity contribution >= 4 is 34.2 Å². The lowest BCUT2D eigenvalue weighted by Crippen LogP contribution is -2.34. The number of carbonyl (C=O) groups excluding carboxylic acids is 1. The lowest BCUT2D eigenvalue weighted by Gasteiger charge is -2.23. The maximum Gasteiger partial charge on any atom is 0.416 e. The van der Waals surface area contributed by atoms with Gasteiger partial charge >= 0.3 is 6.09 Å². The normalized spacial score (nSPS) is 11.4. The zero-order chi connectivity index (χ0) is 17.4. The molecule has 0 aliphatic rings. The minimum atomic E-state index is -0.618. The number of anilines is 1. The number of hydrogen-bond donors (Lipinski definition) is 0. The van der Waals surface area contributed by atoms with Gasteiger partial charge in [-0.15, -0.1) is 0 Å². The molecule has 0 radical (unpaired) electrons. The highest BCUT2D eigenvalue weighted by atomic mass is 35.5. The molecule has 0 aromatic carbocycles. The Kier molecular flexibility index (Phi) is 4.86. The predicted octanol–water partition coefficient (Wildman–Crippen LogP) is 4.07. The number of ether oxygens (including phenoxy) is 1. The first kappa shape index (κ1) is 17.6. The third kappa shape index (κ3) is 4.14. The SMILES string of the molecule is Cc1nc(N(C)C(=O)OC(C)(C)C)sc1-c1nc(Cl)ncc1F. The number of amides is 1. The number of hydrogen-bond acceptors (Lipinski definition) is 6. The molecule has 0 saturated carbocycles. The molecule has 0 fully saturated rings. The molecule has 0 N–H and O–H groups in total. The van der Waals surface area contributed by atoms with Gasteiger partial charge in [0.05, 0.1) is 16.8 Å². The van der Waals surface area contributed by atoms with Crippen molar-refractivity contribution in [1.29, 1.82) is 0 Å². The maximum atomic E-state index is 13.9. The van der Waals surface area contributed by atoms with E-state index in [9.17, 15) is 9.18 Å². The summed E-state index contributed by atoms with van der Waals surface area (Å²) < 4.78 is 19.2. The molecule has 2 heterocycles. The molecule has 9 heteroatoms. The van der Waals surface area contributed by atoms with E-state index in [-0.39, 0.29) is 11.0 Å². The molecule has 0 aliphatic heterocycles. The van der Waals surface area contributed by atoms with Crippen molar-refractivity contribution in [2.75, 3.05) is 11.9 Å². The summed E-state index contributed by atoms with van der Waals surface area (Å²) >= 11 is 6.85. The molecule has 0 bridgehead atoms. The zero-order valence-electron chi connectivity index (χ0n) is 13.3. The quantitative estimate of drug-likeness (QED) is 0.757. The summed E-state index contributed by atoms with van der Waals surface area (Å²) in [6.07, 6.45) is 0.458. The minimum absolute atomic E-state index is 0.0590. The summed E-state index contributed by atoms with van der Waals surface area (Å²) in [5, 5.41) is 0.317. The first-order valence-corrected chi connectivity index (χ1v) is 7.90. The van der Waals surface area contributed by atoms with Crippen LogP contribution in [0, 0.1) is 12.7 Å². The molecular weight excluding hydrogens is 343 g/mol. The van der Waals surface area contributed by atoms with E-state index < -0.39 is 17.5 Å². The fourth-order valence-corrected chi connectivity index (χ4v) is 2.80. The molecule has 124 valence electrons. The van der Waals surface area contributed by atoms with E-state index in [0.717, 1.165) is 17.5 Å². The van der Waals surface area contributed by atoms with Gasteiger partial charge in [0.25, 0.3) is 0 Å². The third-order valence-corrected chi connectivity index (χ3v) is 4.09. The number of aromatic nitrogens is 3. The molecular formula is C14H16ClFN4O2S. The van der Waals surface area contributed by atoms with Gasteiger partial charge in [0, 0.05) is 7.05 Å². The highest BCUT2D eigenvalue weighted by molar-refractivity contribution is 7.19. The molecule has 0 spiro atoms. The summed E-state index contributed by atoms with van der Waals surface area (Å²) in [7, 11) is 1.54. The third-order valence-electron chi connectivity index (χ3n) is 2.67. The number of nitrogens with zero attached hydrogens (tertiary/aromatic N) is 4. The van der Waals surface area contributed by atoms with Crippen LogP contribution in [-0.4, -0.2) is 33.7 Å². The first-order valence-electron chi connectivity index (χ1n) is 6.71. The number of rotatable bonds is 2. The Balaban J connectivity index is 2.34. The molecule has 23 heavy (non-hydrogen) atoms. The van der Waals surface area contributed by atoms with Gasteiger partial charge in [0.15, 0.2) is 10.9 Å². The van der Waals surface area contributed by atoms with Gasteiger partial charge in [0.2, 0.25) is 5.28 Å². The summed E-state index contributed by atoms with van der Waals surface area (Å²) in [5.74, 6) is -0.604. The molecule has 1 amide bonds. The van der Waals surface area contributed by atoms with Crippen molar-refractivity contribution in [3.63, 3.8) is 0 Å². The molecule has 0 unspecified atom stereocenters. The van der Waals surface area contributed by atoms with Crippen molar-refractivity contribution in [2.24, 2.45) is 0 Å². The predicted molar refractivity (Wildman–Crippen MR) is 87.5 cm³/mol. The van der Waals surface area contributed by atoms with Crippen molar-refractivity contribution in [3.8, 4) is 10.6 Å². The molecule has 0 aliphatic carbocycles. The number of thiazole rings is 1. The monoisotopic (exact) mass is 358 g/mol. The van der Waals surface area contributed by atoms with Crippen LogP contribution in [0.4, 0.5) is 14.3 Å². The second kappa shape index (κ2) is 6.37. The van der Waals surface area contributed by atoms with E-state index >= 15 is 0 Å². The number of halogens is 2. The van der Waals surface area contributed by atoms with Gasteiger partial charge < -0.3 is 4.74 Å². The molecule has 0 saturated heterocycles. The average molecular weight is 359 g/mol. The Bertz CT molecular complexity index is 745. The van der Waals surface area contributed by atoms with E-state index in [1.165, 1.54) is 4.90 Å². The van der Waals surface area contributed by atoms with Crippen LogP contribution in [0.5, 0.6) is 0 Å². The van der Waals surface area contributed by atoms with Crippen molar-refractivity contribution in [2.45, 2.75) is 33.3 Å². The zero-order valence-corrected chi connectivity index (χ0v) is 14.9. The van der Waals surface area contributed by atoms with Gasteiger partial charge in [-0.3, -0.25) is 4.90 Å². The van der Waals surface area contributed by atoms with E-state index in [2.05, 4.69) is 15.0 Å². The largest absolute Gasteiger partial charge is 0.443 e. The van der Waals surface area contributed by atoms with Crippen LogP contribution < -0.4 is 4.90 Å². The Morgan fingerprint density at radius 3 is 2.65 bits per heavy atom. The van der Waals surface area contributed by atoms with Gasteiger partial charge in [-0.05, 0) is 39.3 Å². The lowest BCUT2D eigenvalue weighted by atomic mass is 10.2. The van der Waals surface area contributed by atoms with E-state index in [4.69, 9.17) is 16.3 Å². The highest BCUT2D eigenvalue weighted by Crippen LogP contribution is 2.35. The highest BCUT2D eigenvalue weighted by Gasteiger charge is 2.24.